The molecule has 8 nitrogen and oxygen atoms in total. The van der Waals surface area contributed by atoms with Crippen molar-refractivity contribution in [3.05, 3.63) is 27.2 Å². The maximum absolute atomic E-state index is 12.3. The van der Waals surface area contributed by atoms with Crippen molar-refractivity contribution in [1.29, 1.82) is 0 Å². The first-order chi connectivity index (χ1) is 10.5. The van der Waals surface area contributed by atoms with Crippen LogP contribution in [0.1, 0.15) is 12.8 Å². The lowest BCUT2D eigenvalue weighted by Gasteiger charge is -2.17. The Morgan fingerprint density at radius 2 is 1.95 bits per heavy atom. The van der Waals surface area contributed by atoms with Crippen molar-refractivity contribution in [3.63, 3.8) is 0 Å². The van der Waals surface area contributed by atoms with Crippen LogP contribution >= 0.6 is 0 Å². The van der Waals surface area contributed by atoms with Crippen molar-refractivity contribution in [3.8, 4) is 0 Å². The van der Waals surface area contributed by atoms with Crippen LogP contribution in [0.4, 0.5) is 0 Å². The highest BCUT2D eigenvalue weighted by molar-refractivity contribution is 5.69. The zero-order valence-electron chi connectivity index (χ0n) is 12.9. The van der Waals surface area contributed by atoms with E-state index >= 15 is 0 Å². The van der Waals surface area contributed by atoms with Gasteiger partial charge >= 0.3 is 5.69 Å². The smallest absolute Gasteiger partial charge is 0.332 e. The van der Waals surface area contributed by atoms with Gasteiger partial charge in [0.05, 0.1) is 26.0 Å². The summed E-state index contributed by atoms with van der Waals surface area (Å²) in [7, 11) is 3.04. The van der Waals surface area contributed by atoms with Crippen LogP contribution in [0.2, 0.25) is 0 Å². The Morgan fingerprint density at radius 1 is 1.27 bits per heavy atom. The van der Waals surface area contributed by atoms with Gasteiger partial charge in [-0.15, -0.1) is 0 Å². The van der Waals surface area contributed by atoms with Gasteiger partial charge in [-0.3, -0.25) is 13.9 Å². The van der Waals surface area contributed by atoms with Crippen LogP contribution < -0.4 is 16.1 Å². The Bertz CT molecular complexity index is 797. The highest BCUT2D eigenvalue weighted by Crippen LogP contribution is 2.06. The van der Waals surface area contributed by atoms with E-state index in [4.69, 9.17) is 0 Å². The molecule has 0 unspecified atom stereocenters. The van der Waals surface area contributed by atoms with Gasteiger partial charge in [-0.05, 0) is 0 Å². The minimum absolute atomic E-state index is 0.313. The second-order valence-electron chi connectivity index (χ2n) is 6.09. The number of hydrogen-bond donors (Lipinski definition) is 2. The average Bonchev–Trinajstić information content (AvgIpc) is 3.12. The molecule has 1 aliphatic heterocycles. The number of imidazole rings is 1. The monoisotopic (exact) mass is 308 g/mol. The van der Waals surface area contributed by atoms with E-state index < -0.39 is 11.8 Å². The molecule has 0 radical (unpaired) electrons. The lowest BCUT2D eigenvalue weighted by Crippen LogP contribution is -3.11. The third-order valence-electron chi connectivity index (χ3n) is 4.46. The molecule has 22 heavy (non-hydrogen) atoms. The molecule has 2 aromatic rings. The van der Waals surface area contributed by atoms with Crippen LogP contribution in [-0.2, 0) is 20.6 Å². The molecule has 0 aromatic carbocycles. The molecule has 0 spiro atoms. The van der Waals surface area contributed by atoms with Gasteiger partial charge in [-0.1, -0.05) is 0 Å². The molecule has 1 aliphatic rings. The third-order valence-corrected chi connectivity index (χ3v) is 4.46. The SMILES string of the molecule is Cn1c(=O)c2c(ncn2C[C@H](O)C[NH+]2CCCC2)n(C)c1=O. The van der Waals surface area contributed by atoms with Gasteiger partial charge in [0.2, 0.25) is 0 Å². The van der Waals surface area contributed by atoms with Crippen molar-refractivity contribution in [2.24, 2.45) is 14.1 Å². The minimum Gasteiger partial charge on any atom is -0.385 e. The zero-order chi connectivity index (χ0) is 15.9. The maximum Gasteiger partial charge on any atom is 0.332 e. The van der Waals surface area contributed by atoms with E-state index in [1.807, 2.05) is 0 Å². The van der Waals surface area contributed by atoms with Crippen LogP contribution in [-0.4, -0.2) is 49.5 Å². The third kappa shape index (κ3) is 2.48. The molecule has 3 rings (SSSR count). The molecule has 0 saturated carbocycles. The lowest BCUT2D eigenvalue weighted by atomic mass is 10.3. The topological polar surface area (TPSA) is 86.5 Å². The molecular formula is C14H22N5O3+. The number of nitrogens with one attached hydrogen (secondary N) is 1. The van der Waals surface area contributed by atoms with E-state index in [-0.39, 0.29) is 5.56 Å². The minimum atomic E-state index is -0.535. The molecule has 1 fully saturated rings. The van der Waals surface area contributed by atoms with E-state index in [1.54, 1.807) is 11.6 Å². The van der Waals surface area contributed by atoms with E-state index in [9.17, 15) is 14.7 Å². The Hall–Kier alpha value is -1.93. The first-order valence-electron chi connectivity index (χ1n) is 7.61. The fourth-order valence-corrected chi connectivity index (χ4v) is 3.24. The fraction of sp³-hybridized carbons (Fsp3) is 0.643. The normalized spacial score (nSPS) is 17.4. The average molecular weight is 308 g/mol. The summed E-state index contributed by atoms with van der Waals surface area (Å²) in [5.41, 5.74) is -0.0602. The zero-order valence-corrected chi connectivity index (χ0v) is 12.9. The lowest BCUT2D eigenvalue weighted by molar-refractivity contribution is -0.890. The number of nitrogens with zero attached hydrogens (tertiary/aromatic N) is 4. The largest absolute Gasteiger partial charge is 0.385 e. The Balaban J connectivity index is 1.91. The summed E-state index contributed by atoms with van der Waals surface area (Å²) in [6.45, 7) is 3.18. The summed E-state index contributed by atoms with van der Waals surface area (Å²) >= 11 is 0. The molecule has 120 valence electrons. The summed E-state index contributed by atoms with van der Waals surface area (Å²) in [4.78, 5) is 29.8. The van der Waals surface area contributed by atoms with Crippen LogP contribution in [0.3, 0.4) is 0 Å². The van der Waals surface area contributed by atoms with Gasteiger partial charge in [0.1, 0.15) is 12.6 Å². The first kappa shape index (κ1) is 15.0. The van der Waals surface area contributed by atoms with Gasteiger partial charge in [-0.2, -0.15) is 0 Å². The van der Waals surface area contributed by atoms with Gasteiger partial charge < -0.3 is 14.6 Å². The quantitative estimate of drug-likeness (QED) is 0.652. The number of aryl methyl sites for hydroxylation is 1. The Morgan fingerprint density at radius 3 is 2.64 bits per heavy atom. The molecule has 2 aromatic heterocycles. The van der Waals surface area contributed by atoms with Crippen molar-refractivity contribution >= 4 is 11.2 Å². The molecule has 0 amide bonds. The number of aliphatic hydroxyl groups excluding tert-OH is 1. The van der Waals surface area contributed by atoms with E-state index in [0.29, 0.717) is 24.3 Å². The van der Waals surface area contributed by atoms with Gasteiger partial charge in [0, 0.05) is 26.9 Å². The summed E-state index contributed by atoms with van der Waals surface area (Å²) in [5.74, 6) is 0. The Kier molecular flexibility index (Phi) is 3.88. The number of fused-ring (bicyclic) bond motifs is 1. The molecule has 3 heterocycles. The Labute approximate surface area is 127 Å². The van der Waals surface area contributed by atoms with Crippen molar-refractivity contribution < 1.29 is 10.0 Å². The number of aliphatic hydroxyl groups is 1. The van der Waals surface area contributed by atoms with E-state index in [0.717, 1.165) is 17.7 Å². The van der Waals surface area contributed by atoms with Gasteiger partial charge in [0.15, 0.2) is 11.2 Å². The molecule has 8 heteroatoms. The number of hydrogen-bond acceptors (Lipinski definition) is 4. The molecule has 2 N–H and O–H groups in total. The summed E-state index contributed by atoms with van der Waals surface area (Å²) < 4.78 is 4.07. The molecule has 0 aliphatic carbocycles. The second kappa shape index (κ2) is 5.69. The number of likely N-dealkylation sites (tertiary alicyclic amines) is 1. The molecular weight excluding hydrogens is 286 g/mol. The molecule has 1 atom stereocenters. The fourth-order valence-electron chi connectivity index (χ4n) is 3.24. The first-order valence-corrected chi connectivity index (χ1v) is 7.61. The number of quaternary nitrogens is 1. The van der Waals surface area contributed by atoms with Crippen LogP contribution in [0.5, 0.6) is 0 Å². The summed E-state index contributed by atoms with van der Waals surface area (Å²) in [5, 5.41) is 10.3. The predicted octanol–water partition coefficient (Wildman–Crippen LogP) is -2.53. The summed E-state index contributed by atoms with van der Waals surface area (Å²) in [6.07, 6.45) is 3.40. The van der Waals surface area contributed by atoms with E-state index in [1.165, 1.54) is 35.7 Å². The van der Waals surface area contributed by atoms with Gasteiger partial charge in [-0.25, -0.2) is 9.78 Å². The second-order valence-corrected chi connectivity index (χ2v) is 6.09. The molecule has 0 bridgehead atoms. The highest BCUT2D eigenvalue weighted by Gasteiger charge is 2.21. The van der Waals surface area contributed by atoms with Gasteiger partial charge in [0.25, 0.3) is 5.56 Å². The summed E-state index contributed by atoms with van der Waals surface area (Å²) in [6, 6.07) is 0. The number of rotatable bonds is 4. The van der Waals surface area contributed by atoms with E-state index in [2.05, 4.69) is 4.98 Å². The highest BCUT2D eigenvalue weighted by atomic mass is 16.3. The number of aromatic nitrogens is 4. The van der Waals surface area contributed by atoms with Crippen molar-refractivity contribution in [2.75, 3.05) is 19.6 Å². The van der Waals surface area contributed by atoms with Crippen molar-refractivity contribution in [1.82, 2.24) is 18.7 Å². The standard InChI is InChI=1S/C14H21N5O3/c1-16-12-11(13(21)17(2)14(16)22)19(9-15-12)8-10(20)7-18-5-3-4-6-18/h9-10,20H,3-8H2,1-2H3/p+1/t10-/m1/s1. The van der Waals surface area contributed by atoms with Crippen LogP contribution in [0.15, 0.2) is 15.9 Å². The maximum atomic E-state index is 12.3. The predicted molar refractivity (Wildman–Crippen MR) is 81.0 cm³/mol. The van der Waals surface area contributed by atoms with Crippen LogP contribution in [0, 0.1) is 0 Å². The van der Waals surface area contributed by atoms with Crippen molar-refractivity contribution in [2.45, 2.75) is 25.5 Å². The molecule has 1 saturated heterocycles. The van der Waals surface area contributed by atoms with Crippen LogP contribution in [0.25, 0.3) is 11.2 Å².